The van der Waals surface area contributed by atoms with Crippen LogP contribution < -0.4 is 4.57 Å². The Hall–Kier alpha value is -1.42. The number of carbonyl (C=O) groups is 2. The maximum Gasteiger partial charge on any atom is 0.291 e. The maximum atomic E-state index is 12.5. The molecule has 0 radical (unpaired) electrons. The molecule has 4 heteroatoms. The normalized spacial score (nSPS) is 15.8. The molecular formula is C16H23NO2Si. The minimum Gasteiger partial charge on any atom is -0.332 e. The lowest BCUT2D eigenvalue weighted by molar-refractivity contribution is -0.113. The standard InChI is InChI=1S/C16H23NO2Si/c1-10-8-11(2)13-12(9-10)14(18)15(19)17(13)20(6,7)16(3,4)5/h8-9H,1-7H3. The smallest absolute Gasteiger partial charge is 0.291 e. The van der Waals surface area contributed by atoms with Crippen LogP contribution in [0.1, 0.15) is 42.3 Å². The number of Topliss-reactive ketones (excluding diaryl/α,β-unsaturated/α-hetero) is 1. The van der Waals surface area contributed by atoms with Gasteiger partial charge in [-0.3, -0.25) is 9.59 Å². The Labute approximate surface area is 122 Å². The van der Waals surface area contributed by atoms with E-state index in [2.05, 4.69) is 33.9 Å². The lowest BCUT2D eigenvalue weighted by Gasteiger charge is -2.44. The van der Waals surface area contributed by atoms with Crippen molar-refractivity contribution in [2.45, 2.75) is 52.8 Å². The van der Waals surface area contributed by atoms with Crippen molar-refractivity contribution in [1.29, 1.82) is 0 Å². The van der Waals surface area contributed by atoms with Crippen LogP contribution in [0.2, 0.25) is 18.1 Å². The molecule has 20 heavy (non-hydrogen) atoms. The molecule has 0 saturated carbocycles. The Morgan fingerprint density at radius 3 is 2.10 bits per heavy atom. The van der Waals surface area contributed by atoms with Gasteiger partial charge in [-0.15, -0.1) is 0 Å². The topological polar surface area (TPSA) is 37.4 Å². The van der Waals surface area contributed by atoms with E-state index in [0.29, 0.717) is 5.56 Å². The van der Waals surface area contributed by atoms with Crippen molar-refractivity contribution >= 4 is 25.6 Å². The Bertz CT molecular complexity index is 612. The molecule has 0 aliphatic carbocycles. The molecule has 0 N–H and O–H groups in total. The number of nitrogens with zero attached hydrogens (tertiary/aromatic N) is 1. The highest BCUT2D eigenvalue weighted by atomic mass is 28.3. The number of aryl methyl sites for hydroxylation is 2. The molecule has 1 aromatic rings. The fourth-order valence-electron chi connectivity index (χ4n) is 2.62. The number of amides is 1. The van der Waals surface area contributed by atoms with Gasteiger partial charge in [0.05, 0.1) is 11.3 Å². The van der Waals surface area contributed by atoms with Crippen LogP contribution in [-0.2, 0) is 4.79 Å². The van der Waals surface area contributed by atoms with E-state index in [1.807, 2.05) is 30.5 Å². The summed E-state index contributed by atoms with van der Waals surface area (Å²) in [7, 11) is -2.11. The summed E-state index contributed by atoms with van der Waals surface area (Å²) in [4.78, 5) is 24.8. The highest BCUT2D eigenvalue weighted by Crippen LogP contribution is 2.45. The molecule has 0 atom stereocenters. The summed E-state index contributed by atoms with van der Waals surface area (Å²) >= 11 is 0. The number of fused-ring (bicyclic) bond motifs is 1. The second kappa shape index (κ2) is 4.28. The van der Waals surface area contributed by atoms with Gasteiger partial charge in [0.1, 0.15) is 0 Å². The largest absolute Gasteiger partial charge is 0.332 e. The monoisotopic (exact) mass is 289 g/mol. The molecule has 0 spiro atoms. The zero-order valence-corrected chi connectivity index (χ0v) is 14.4. The second-order valence-corrected chi connectivity index (χ2v) is 12.3. The van der Waals surface area contributed by atoms with Crippen LogP contribution in [0.5, 0.6) is 0 Å². The highest BCUT2D eigenvalue weighted by molar-refractivity contribution is 6.90. The van der Waals surface area contributed by atoms with Crippen LogP contribution in [0, 0.1) is 13.8 Å². The molecule has 0 fully saturated rings. The minimum atomic E-state index is -2.11. The van der Waals surface area contributed by atoms with Crippen LogP contribution >= 0.6 is 0 Å². The van der Waals surface area contributed by atoms with E-state index in [4.69, 9.17) is 0 Å². The molecule has 1 amide bonds. The average Bonchev–Trinajstić information content (AvgIpc) is 2.52. The number of hydrogen-bond acceptors (Lipinski definition) is 2. The average molecular weight is 289 g/mol. The predicted molar refractivity (Wildman–Crippen MR) is 84.9 cm³/mol. The summed E-state index contributed by atoms with van der Waals surface area (Å²) < 4.78 is 1.83. The first-order valence-electron chi connectivity index (χ1n) is 6.98. The molecule has 1 aliphatic rings. The van der Waals surface area contributed by atoms with Gasteiger partial charge in [0, 0.05) is 0 Å². The van der Waals surface area contributed by atoms with Crippen LogP contribution in [0.3, 0.4) is 0 Å². The number of hydrogen-bond donors (Lipinski definition) is 0. The SMILES string of the molecule is Cc1cc(C)c2c(c1)C(=O)C(=O)N2[Si](C)(C)C(C)(C)C. The minimum absolute atomic E-state index is 0.00186. The zero-order valence-electron chi connectivity index (χ0n) is 13.4. The molecule has 0 unspecified atom stereocenters. The molecule has 0 bridgehead atoms. The van der Waals surface area contributed by atoms with Crippen molar-refractivity contribution in [3.05, 3.63) is 28.8 Å². The quantitative estimate of drug-likeness (QED) is 0.582. The fraction of sp³-hybridized carbons (Fsp3) is 0.500. The van der Waals surface area contributed by atoms with Crippen molar-refractivity contribution in [2.75, 3.05) is 4.57 Å². The number of benzene rings is 1. The van der Waals surface area contributed by atoms with Gasteiger partial charge in [-0.2, -0.15) is 0 Å². The number of rotatable bonds is 1. The van der Waals surface area contributed by atoms with Crippen molar-refractivity contribution in [3.63, 3.8) is 0 Å². The van der Waals surface area contributed by atoms with E-state index in [9.17, 15) is 9.59 Å². The highest BCUT2D eigenvalue weighted by Gasteiger charge is 2.50. The summed E-state index contributed by atoms with van der Waals surface area (Å²) in [6.07, 6.45) is 0. The van der Waals surface area contributed by atoms with Crippen LogP contribution in [-0.4, -0.2) is 19.9 Å². The molecule has 1 aliphatic heterocycles. The van der Waals surface area contributed by atoms with Gasteiger partial charge in [-0.05, 0) is 36.1 Å². The van der Waals surface area contributed by atoms with E-state index in [1.54, 1.807) is 0 Å². The number of anilines is 1. The van der Waals surface area contributed by atoms with Crippen molar-refractivity contribution in [3.8, 4) is 0 Å². The number of carbonyl (C=O) groups excluding carboxylic acids is 2. The van der Waals surface area contributed by atoms with Crippen LogP contribution in [0.25, 0.3) is 0 Å². The Balaban J connectivity index is 2.72. The molecule has 2 rings (SSSR count). The summed E-state index contributed by atoms with van der Waals surface area (Å²) in [6.45, 7) is 14.7. The van der Waals surface area contributed by atoms with Crippen LogP contribution in [0.15, 0.2) is 12.1 Å². The first kappa shape index (κ1) is 15.0. The van der Waals surface area contributed by atoms with E-state index >= 15 is 0 Å². The summed E-state index contributed by atoms with van der Waals surface area (Å²) in [6, 6.07) is 3.89. The molecule has 0 saturated heterocycles. The van der Waals surface area contributed by atoms with Gasteiger partial charge in [-0.1, -0.05) is 39.9 Å². The predicted octanol–water partition coefficient (Wildman–Crippen LogP) is 3.84. The van der Waals surface area contributed by atoms with Gasteiger partial charge in [0.15, 0.2) is 8.24 Å². The van der Waals surface area contributed by atoms with E-state index < -0.39 is 8.24 Å². The maximum absolute atomic E-state index is 12.5. The van der Waals surface area contributed by atoms with Crippen molar-refractivity contribution in [1.82, 2.24) is 0 Å². The molecule has 108 valence electrons. The van der Waals surface area contributed by atoms with Gasteiger partial charge in [-0.25, -0.2) is 0 Å². The Kier molecular flexibility index (Phi) is 3.21. The van der Waals surface area contributed by atoms with Crippen molar-refractivity contribution in [2.24, 2.45) is 0 Å². The third-order valence-corrected chi connectivity index (χ3v) is 9.92. The molecule has 0 aromatic heterocycles. The second-order valence-electron chi connectivity index (χ2n) is 7.26. The molecular weight excluding hydrogens is 266 g/mol. The van der Waals surface area contributed by atoms with Gasteiger partial charge in [0.25, 0.3) is 11.7 Å². The summed E-state index contributed by atoms with van der Waals surface area (Å²) in [5.74, 6) is -0.697. The van der Waals surface area contributed by atoms with Crippen LogP contribution in [0.4, 0.5) is 5.69 Å². The van der Waals surface area contributed by atoms with Gasteiger partial charge < -0.3 is 4.57 Å². The molecule has 1 heterocycles. The Morgan fingerprint density at radius 2 is 1.60 bits per heavy atom. The first-order chi connectivity index (χ1) is 8.98. The van der Waals surface area contributed by atoms with E-state index in [0.717, 1.165) is 16.8 Å². The first-order valence-corrected chi connectivity index (χ1v) is 9.93. The third-order valence-electron chi connectivity index (χ3n) is 4.70. The Morgan fingerprint density at radius 1 is 1.05 bits per heavy atom. The number of ketones is 1. The fourth-order valence-corrected chi connectivity index (χ4v) is 4.75. The molecule has 3 nitrogen and oxygen atoms in total. The summed E-state index contributed by atoms with van der Waals surface area (Å²) in [5.41, 5.74) is 3.47. The van der Waals surface area contributed by atoms with E-state index in [-0.39, 0.29) is 16.7 Å². The lowest BCUT2D eigenvalue weighted by atomic mass is 10.0. The zero-order chi connectivity index (χ0) is 15.5. The third kappa shape index (κ3) is 1.94. The van der Waals surface area contributed by atoms with E-state index in [1.165, 1.54) is 0 Å². The van der Waals surface area contributed by atoms with Gasteiger partial charge >= 0.3 is 0 Å². The van der Waals surface area contributed by atoms with Crippen molar-refractivity contribution < 1.29 is 9.59 Å². The van der Waals surface area contributed by atoms with Gasteiger partial charge in [0.2, 0.25) is 0 Å². The summed E-state index contributed by atoms with van der Waals surface area (Å²) in [5, 5.41) is 0.00186. The molecule has 1 aromatic carbocycles. The lowest BCUT2D eigenvalue weighted by Crippen LogP contribution is -2.57.